The Morgan fingerprint density at radius 3 is 3.05 bits per heavy atom. The van der Waals surface area contributed by atoms with Crippen LogP contribution in [0.5, 0.6) is 0 Å². The number of amides is 1. The van der Waals surface area contributed by atoms with Crippen molar-refractivity contribution in [2.75, 3.05) is 19.7 Å². The van der Waals surface area contributed by atoms with Crippen LogP contribution in [0.1, 0.15) is 22.8 Å². The number of nitrogens with two attached hydrogens (primary N) is 1. The maximum absolute atomic E-state index is 11.5. The summed E-state index contributed by atoms with van der Waals surface area (Å²) in [4.78, 5) is 13.7. The second kappa shape index (κ2) is 6.81. The lowest BCUT2D eigenvalue weighted by molar-refractivity contribution is -0.0972. The third-order valence-corrected chi connectivity index (χ3v) is 3.33. The molecule has 2 unspecified atom stereocenters. The van der Waals surface area contributed by atoms with Gasteiger partial charge < -0.3 is 9.84 Å². The third kappa shape index (κ3) is 3.77. The van der Waals surface area contributed by atoms with E-state index in [1.807, 2.05) is 25.1 Å². The molecule has 1 aliphatic rings. The molecule has 1 fully saturated rings. The molecule has 6 heteroatoms. The van der Waals surface area contributed by atoms with Crippen molar-refractivity contribution >= 4 is 5.91 Å². The van der Waals surface area contributed by atoms with E-state index in [-0.39, 0.29) is 24.7 Å². The number of benzene rings is 1. The zero-order valence-corrected chi connectivity index (χ0v) is 11.6. The molecule has 0 aliphatic carbocycles. The highest BCUT2D eigenvalue weighted by Crippen LogP contribution is 2.15. The first kappa shape index (κ1) is 14.9. The molecule has 0 bridgehead atoms. The monoisotopic (exact) mass is 279 g/mol. The van der Waals surface area contributed by atoms with Gasteiger partial charge in [-0.05, 0) is 24.6 Å². The van der Waals surface area contributed by atoms with Gasteiger partial charge in [0.05, 0.1) is 18.8 Å². The number of aliphatic hydroxyl groups excluding tert-OH is 1. The smallest absolute Gasteiger partial charge is 0.265 e. The minimum atomic E-state index is -0.296. The van der Waals surface area contributed by atoms with Crippen LogP contribution in [0, 0.1) is 0 Å². The summed E-state index contributed by atoms with van der Waals surface area (Å²) in [7, 11) is 0. The Balaban J connectivity index is 2.04. The van der Waals surface area contributed by atoms with E-state index >= 15 is 0 Å². The van der Waals surface area contributed by atoms with Crippen molar-refractivity contribution in [2.24, 2.45) is 5.84 Å². The summed E-state index contributed by atoms with van der Waals surface area (Å²) in [5.74, 6) is 4.84. The molecule has 0 radical (unpaired) electrons. The Labute approximate surface area is 118 Å². The summed E-state index contributed by atoms with van der Waals surface area (Å²) in [5.41, 5.74) is 3.71. The second-order valence-corrected chi connectivity index (χ2v) is 5.12. The van der Waals surface area contributed by atoms with Crippen molar-refractivity contribution in [2.45, 2.75) is 25.7 Å². The van der Waals surface area contributed by atoms with Gasteiger partial charge in [-0.1, -0.05) is 12.1 Å². The van der Waals surface area contributed by atoms with Gasteiger partial charge in [0.15, 0.2) is 0 Å². The minimum absolute atomic E-state index is 0.0243. The predicted octanol–water partition coefficient (Wildman–Crippen LogP) is -0.128. The Morgan fingerprint density at radius 2 is 2.35 bits per heavy atom. The number of hydrazine groups is 1. The van der Waals surface area contributed by atoms with Gasteiger partial charge in [-0.2, -0.15) is 0 Å². The van der Waals surface area contributed by atoms with E-state index in [0.717, 1.165) is 18.7 Å². The number of carbonyl (C=O) groups excluding carboxylic acids is 1. The highest BCUT2D eigenvalue weighted by atomic mass is 16.5. The van der Waals surface area contributed by atoms with E-state index in [9.17, 15) is 9.90 Å². The lowest BCUT2D eigenvalue weighted by Gasteiger charge is -2.36. The van der Waals surface area contributed by atoms with Crippen LogP contribution in [0.25, 0.3) is 0 Å². The van der Waals surface area contributed by atoms with E-state index in [0.29, 0.717) is 12.1 Å². The fourth-order valence-corrected chi connectivity index (χ4v) is 2.52. The molecule has 110 valence electrons. The summed E-state index contributed by atoms with van der Waals surface area (Å²) in [5, 5.41) is 9.22. The van der Waals surface area contributed by atoms with Crippen molar-refractivity contribution < 1.29 is 14.6 Å². The van der Waals surface area contributed by atoms with Gasteiger partial charge in [-0.15, -0.1) is 0 Å². The number of rotatable bonds is 4. The van der Waals surface area contributed by atoms with E-state index in [2.05, 4.69) is 10.3 Å². The maximum Gasteiger partial charge on any atom is 0.265 e. The van der Waals surface area contributed by atoms with Gasteiger partial charge in [0.2, 0.25) is 0 Å². The van der Waals surface area contributed by atoms with Crippen LogP contribution in [0.2, 0.25) is 0 Å². The fraction of sp³-hybridized carbons (Fsp3) is 0.500. The second-order valence-electron chi connectivity index (χ2n) is 5.12. The first-order valence-corrected chi connectivity index (χ1v) is 6.71. The van der Waals surface area contributed by atoms with Crippen LogP contribution in [-0.4, -0.2) is 47.8 Å². The van der Waals surface area contributed by atoms with Crippen LogP contribution < -0.4 is 11.3 Å². The normalized spacial score (nSPS) is 23.6. The van der Waals surface area contributed by atoms with Gasteiger partial charge in [-0.3, -0.25) is 15.1 Å². The Kier molecular flexibility index (Phi) is 5.08. The molecule has 2 rings (SSSR count). The van der Waals surface area contributed by atoms with E-state index in [4.69, 9.17) is 10.6 Å². The highest BCUT2D eigenvalue weighted by molar-refractivity contribution is 5.93. The van der Waals surface area contributed by atoms with Crippen LogP contribution in [0.4, 0.5) is 0 Å². The van der Waals surface area contributed by atoms with Crippen molar-refractivity contribution in [3.8, 4) is 0 Å². The number of hydrogen-bond donors (Lipinski definition) is 3. The SMILES string of the molecule is CC1CN(Cc2cccc(C(=O)NN)c2)CC(CO)O1. The number of hydrogen-bond acceptors (Lipinski definition) is 5. The van der Waals surface area contributed by atoms with Gasteiger partial charge in [0.1, 0.15) is 0 Å². The molecule has 0 spiro atoms. The number of nitrogens with one attached hydrogen (secondary N) is 1. The van der Waals surface area contributed by atoms with E-state index in [1.54, 1.807) is 6.07 Å². The van der Waals surface area contributed by atoms with Gasteiger partial charge in [0, 0.05) is 25.2 Å². The average molecular weight is 279 g/mol. The number of ether oxygens (including phenoxy) is 1. The molecule has 1 amide bonds. The standard InChI is InChI=1S/C14H21N3O3/c1-10-6-17(8-13(9-18)20-10)7-11-3-2-4-12(5-11)14(19)16-15/h2-5,10,13,18H,6-9,15H2,1H3,(H,16,19). The van der Waals surface area contributed by atoms with Gasteiger partial charge >= 0.3 is 0 Å². The van der Waals surface area contributed by atoms with Crippen molar-refractivity contribution in [1.29, 1.82) is 0 Å². The molecule has 1 saturated heterocycles. The van der Waals surface area contributed by atoms with E-state index in [1.165, 1.54) is 0 Å². The molecule has 1 aliphatic heterocycles. The molecule has 2 atom stereocenters. The fourth-order valence-electron chi connectivity index (χ4n) is 2.52. The Hall–Kier alpha value is -1.47. The lowest BCUT2D eigenvalue weighted by Crippen LogP contribution is -2.47. The van der Waals surface area contributed by atoms with Crippen LogP contribution in [0.15, 0.2) is 24.3 Å². The molecule has 1 aromatic rings. The number of nitrogens with zero attached hydrogens (tertiary/aromatic N) is 1. The average Bonchev–Trinajstić information content (AvgIpc) is 2.46. The molecule has 1 heterocycles. The number of aliphatic hydroxyl groups is 1. The van der Waals surface area contributed by atoms with Crippen LogP contribution >= 0.6 is 0 Å². The first-order chi connectivity index (χ1) is 9.62. The van der Waals surface area contributed by atoms with Gasteiger partial charge in [0.25, 0.3) is 5.91 Å². The largest absolute Gasteiger partial charge is 0.394 e. The first-order valence-electron chi connectivity index (χ1n) is 6.71. The highest BCUT2D eigenvalue weighted by Gasteiger charge is 2.24. The number of morpholine rings is 1. The van der Waals surface area contributed by atoms with Gasteiger partial charge in [-0.25, -0.2) is 5.84 Å². The Bertz CT molecular complexity index is 467. The van der Waals surface area contributed by atoms with Crippen molar-refractivity contribution in [3.63, 3.8) is 0 Å². The molecule has 1 aromatic carbocycles. The van der Waals surface area contributed by atoms with Crippen molar-refractivity contribution in [3.05, 3.63) is 35.4 Å². The zero-order chi connectivity index (χ0) is 14.5. The van der Waals surface area contributed by atoms with Crippen LogP contribution in [-0.2, 0) is 11.3 Å². The van der Waals surface area contributed by atoms with Crippen molar-refractivity contribution in [1.82, 2.24) is 10.3 Å². The molecular weight excluding hydrogens is 258 g/mol. The molecule has 0 saturated carbocycles. The summed E-state index contributed by atoms with van der Waals surface area (Å²) >= 11 is 0. The van der Waals surface area contributed by atoms with Crippen LogP contribution in [0.3, 0.4) is 0 Å². The molecule has 0 aromatic heterocycles. The Morgan fingerprint density at radius 1 is 1.55 bits per heavy atom. The number of nitrogen functional groups attached to an aromatic ring is 1. The minimum Gasteiger partial charge on any atom is -0.394 e. The lowest BCUT2D eigenvalue weighted by atomic mass is 10.1. The summed E-state index contributed by atoms with van der Waals surface area (Å²) < 4.78 is 5.61. The predicted molar refractivity (Wildman–Crippen MR) is 74.8 cm³/mol. The molecule has 6 nitrogen and oxygen atoms in total. The zero-order valence-electron chi connectivity index (χ0n) is 11.6. The third-order valence-electron chi connectivity index (χ3n) is 3.33. The number of carbonyl (C=O) groups is 1. The maximum atomic E-state index is 11.5. The molecule has 20 heavy (non-hydrogen) atoms. The molecule has 4 N–H and O–H groups in total. The summed E-state index contributed by atoms with van der Waals surface area (Å²) in [6.07, 6.45) is -0.0503. The summed E-state index contributed by atoms with van der Waals surface area (Å²) in [6.45, 7) is 4.23. The summed E-state index contributed by atoms with van der Waals surface area (Å²) in [6, 6.07) is 7.37. The van der Waals surface area contributed by atoms with E-state index < -0.39 is 0 Å². The molecular formula is C14H21N3O3. The topological polar surface area (TPSA) is 87.8 Å². The quantitative estimate of drug-likeness (QED) is 0.406.